The van der Waals surface area contributed by atoms with Crippen LogP contribution in [0.4, 0.5) is 0 Å². The smallest absolute Gasteiger partial charge is 0.0622 e. The topological polar surface area (TPSA) is 35.8 Å². The van der Waals surface area contributed by atoms with Crippen LogP contribution in [-0.4, -0.2) is 13.1 Å². The van der Waals surface area contributed by atoms with Crippen LogP contribution >= 0.6 is 0 Å². The average Bonchev–Trinajstić information content (AvgIpc) is 2.38. The predicted octanol–water partition coefficient (Wildman–Crippen LogP) is 3.42. The lowest BCUT2D eigenvalue weighted by atomic mass is 9.84. The maximum Gasteiger partial charge on any atom is 0.0622 e. The molecule has 18 heavy (non-hydrogen) atoms. The lowest BCUT2D eigenvalue weighted by Gasteiger charge is -2.26. The van der Waals surface area contributed by atoms with Crippen LogP contribution in [0.1, 0.15) is 44.7 Å². The van der Waals surface area contributed by atoms with Crippen molar-refractivity contribution in [3.05, 3.63) is 35.4 Å². The van der Waals surface area contributed by atoms with Crippen LogP contribution in [0.15, 0.2) is 24.3 Å². The van der Waals surface area contributed by atoms with Gasteiger partial charge in [-0.2, -0.15) is 5.26 Å². The van der Waals surface area contributed by atoms with Crippen molar-refractivity contribution in [3.8, 4) is 6.07 Å². The molecule has 0 fully saturated rings. The molecule has 0 saturated carbocycles. The van der Waals surface area contributed by atoms with E-state index in [4.69, 9.17) is 5.26 Å². The molecule has 1 N–H and O–H groups in total. The number of aryl methyl sites for hydroxylation is 1. The second-order valence-electron chi connectivity index (χ2n) is 5.37. The van der Waals surface area contributed by atoms with Crippen molar-refractivity contribution in [2.75, 3.05) is 13.1 Å². The van der Waals surface area contributed by atoms with Crippen molar-refractivity contribution in [3.63, 3.8) is 0 Å². The van der Waals surface area contributed by atoms with Crippen molar-refractivity contribution in [1.29, 1.82) is 5.26 Å². The Kier molecular flexibility index (Phi) is 5.88. The first kappa shape index (κ1) is 14.7. The predicted molar refractivity (Wildman–Crippen MR) is 76.6 cm³/mol. The minimum absolute atomic E-state index is 0.138. The average molecular weight is 244 g/mol. The first-order valence-corrected chi connectivity index (χ1v) is 6.77. The van der Waals surface area contributed by atoms with Gasteiger partial charge >= 0.3 is 0 Å². The van der Waals surface area contributed by atoms with E-state index >= 15 is 0 Å². The zero-order chi connectivity index (χ0) is 13.4. The summed E-state index contributed by atoms with van der Waals surface area (Å²) in [6, 6.07) is 11.1. The molecule has 0 saturated heterocycles. The third-order valence-electron chi connectivity index (χ3n) is 3.35. The second kappa shape index (κ2) is 7.18. The monoisotopic (exact) mass is 244 g/mol. The van der Waals surface area contributed by atoms with E-state index in [1.807, 2.05) is 0 Å². The molecule has 0 heterocycles. The lowest BCUT2D eigenvalue weighted by molar-refractivity contribution is 0.467. The van der Waals surface area contributed by atoms with Gasteiger partial charge < -0.3 is 5.32 Å². The number of nitrogens with one attached hydrogen (secondary N) is 1. The van der Waals surface area contributed by atoms with Crippen LogP contribution in [0, 0.1) is 11.3 Å². The number of nitriles is 1. The van der Waals surface area contributed by atoms with Crippen molar-refractivity contribution in [2.45, 2.75) is 45.4 Å². The summed E-state index contributed by atoms with van der Waals surface area (Å²) in [7, 11) is 0. The lowest BCUT2D eigenvalue weighted by Crippen LogP contribution is -2.33. The van der Waals surface area contributed by atoms with E-state index in [9.17, 15) is 0 Å². The van der Waals surface area contributed by atoms with Gasteiger partial charge in [-0.05, 0) is 30.5 Å². The molecule has 0 aliphatic rings. The summed E-state index contributed by atoms with van der Waals surface area (Å²) in [6.45, 7) is 8.56. The highest BCUT2D eigenvalue weighted by atomic mass is 14.9. The van der Waals surface area contributed by atoms with Gasteiger partial charge in [-0.3, -0.25) is 0 Å². The minimum atomic E-state index is 0.138. The van der Waals surface area contributed by atoms with Crippen molar-refractivity contribution >= 4 is 0 Å². The fraction of sp³-hybridized carbons (Fsp3) is 0.562. The molecule has 2 heteroatoms. The largest absolute Gasteiger partial charge is 0.316 e. The van der Waals surface area contributed by atoms with Gasteiger partial charge in [0, 0.05) is 18.4 Å². The van der Waals surface area contributed by atoms with E-state index < -0.39 is 0 Å². The van der Waals surface area contributed by atoms with E-state index in [2.05, 4.69) is 56.4 Å². The number of hydrogen-bond acceptors (Lipinski definition) is 2. The molecule has 0 spiro atoms. The molecule has 2 nitrogen and oxygen atoms in total. The molecular formula is C16H24N2. The van der Waals surface area contributed by atoms with E-state index in [1.54, 1.807) is 0 Å². The maximum atomic E-state index is 8.48. The van der Waals surface area contributed by atoms with Crippen LogP contribution in [0.2, 0.25) is 0 Å². The molecule has 0 aromatic heterocycles. The van der Waals surface area contributed by atoms with Gasteiger partial charge in [0.05, 0.1) is 6.07 Å². The molecule has 98 valence electrons. The molecule has 0 radical (unpaired) electrons. The molecule has 0 unspecified atom stereocenters. The zero-order valence-electron chi connectivity index (χ0n) is 11.8. The summed E-state index contributed by atoms with van der Waals surface area (Å²) >= 11 is 0. The Labute approximate surface area is 111 Å². The van der Waals surface area contributed by atoms with E-state index in [0.29, 0.717) is 6.42 Å². The normalized spacial score (nSPS) is 11.2. The number of benzene rings is 1. The number of nitrogens with zero attached hydrogens (tertiary/aromatic N) is 1. The van der Waals surface area contributed by atoms with Crippen LogP contribution in [0.3, 0.4) is 0 Å². The Morgan fingerprint density at radius 2 is 1.89 bits per heavy atom. The first-order valence-electron chi connectivity index (χ1n) is 6.77. The summed E-state index contributed by atoms with van der Waals surface area (Å²) in [5.74, 6) is 0. The van der Waals surface area contributed by atoms with Gasteiger partial charge in [0.15, 0.2) is 0 Å². The maximum absolute atomic E-state index is 8.48. The fourth-order valence-corrected chi connectivity index (χ4v) is 1.99. The Morgan fingerprint density at radius 3 is 2.44 bits per heavy atom. The highest BCUT2D eigenvalue weighted by Gasteiger charge is 2.19. The number of unbranched alkanes of at least 4 members (excludes halogenated alkanes) is 1. The molecule has 0 atom stereocenters. The Morgan fingerprint density at radius 1 is 1.22 bits per heavy atom. The molecule has 0 aliphatic heterocycles. The van der Waals surface area contributed by atoms with Crippen molar-refractivity contribution < 1.29 is 0 Å². The first-order chi connectivity index (χ1) is 8.60. The molecule has 0 aliphatic carbocycles. The Bertz CT molecular complexity index is 385. The fourth-order valence-electron chi connectivity index (χ4n) is 1.99. The molecule has 1 aromatic carbocycles. The zero-order valence-corrected chi connectivity index (χ0v) is 11.8. The van der Waals surface area contributed by atoms with Crippen molar-refractivity contribution in [2.24, 2.45) is 0 Å². The van der Waals surface area contributed by atoms with E-state index in [-0.39, 0.29) is 5.41 Å². The van der Waals surface area contributed by atoms with Gasteiger partial charge in [0.2, 0.25) is 0 Å². The van der Waals surface area contributed by atoms with Crippen molar-refractivity contribution in [1.82, 2.24) is 5.32 Å². The third-order valence-corrected chi connectivity index (χ3v) is 3.35. The standard InChI is InChI=1S/C16H24N2/c1-4-14-7-9-15(10-8-14)16(2,3)13-18-12-6-5-11-17/h7-10,18H,4-6,12-13H2,1-3H3. The molecule has 0 amide bonds. The molecule has 1 rings (SSSR count). The van der Waals surface area contributed by atoms with Gasteiger partial charge in [0.25, 0.3) is 0 Å². The minimum Gasteiger partial charge on any atom is -0.316 e. The van der Waals surface area contributed by atoms with Gasteiger partial charge in [-0.1, -0.05) is 45.0 Å². The highest BCUT2D eigenvalue weighted by molar-refractivity contribution is 5.28. The van der Waals surface area contributed by atoms with Crippen LogP contribution < -0.4 is 5.32 Å². The van der Waals surface area contributed by atoms with Gasteiger partial charge in [0.1, 0.15) is 0 Å². The van der Waals surface area contributed by atoms with Crippen LogP contribution in [0.5, 0.6) is 0 Å². The highest BCUT2D eigenvalue weighted by Crippen LogP contribution is 2.22. The summed E-state index contributed by atoms with van der Waals surface area (Å²) in [4.78, 5) is 0. The Balaban J connectivity index is 2.48. The van der Waals surface area contributed by atoms with Crippen LogP contribution in [-0.2, 0) is 11.8 Å². The SMILES string of the molecule is CCc1ccc(C(C)(C)CNCCCC#N)cc1. The number of rotatable bonds is 7. The number of hydrogen-bond donors (Lipinski definition) is 1. The van der Waals surface area contributed by atoms with E-state index in [1.165, 1.54) is 11.1 Å². The second-order valence-corrected chi connectivity index (χ2v) is 5.37. The molecule has 1 aromatic rings. The van der Waals surface area contributed by atoms with Crippen LogP contribution in [0.25, 0.3) is 0 Å². The molecular weight excluding hydrogens is 220 g/mol. The summed E-state index contributed by atoms with van der Waals surface area (Å²) < 4.78 is 0. The quantitative estimate of drug-likeness (QED) is 0.746. The Hall–Kier alpha value is -1.33. The van der Waals surface area contributed by atoms with Gasteiger partial charge in [-0.25, -0.2) is 0 Å². The third kappa shape index (κ3) is 4.50. The van der Waals surface area contributed by atoms with Gasteiger partial charge in [-0.15, -0.1) is 0 Å². The molecule has 0 bridgehead atoms. The van der Waals surface area contributed by atoms with E-state index in [0.717, 1.165) is 25.9 Å². The summed E-state index contributed by atoms with van der Waals surface area (Å²) in [5.41, 5.74) is 2.89. The summed E-state index contributed by atoms with van der Waals surface area (Å²) in [6.07, 6.45) is 2.66. The summed E-state index contributed by atoms with van der Waals surface area (Å²) in [5, 5.41) is 11.9.